The Hall–Kier alpha value is -2.05. The van der Waals surface area contributed by atoms with Crippen LogP contribution in [0, 0.1) is 0 Å². The van der Waals surface area contributed by atoms with Crippen molar-refractivity contribution in [1.29, 1.82) is 0 Å². The SMILES string of the molecule is CN(C)S(=O)(=O)c1cc(C(=O)O)c(OC2CCOCC2)cc1NCCCCCCCC(F)(F)F. The third kappa shape index (κ3) is 8.62. The van der Waals surface area contributed by atoms with Gasteiger partial charge < -0.3 is 19.9 Å². The summed E-state index contributed by atoms with van der Waals surface area (Å²) in [5.74, 6) is -1.23. The molecular formula is C22H33F3N2O6S. The Kier molecular flexibility index (Phi) is 10.4. The predicted octanol–water partition coefficient (Wildman–Crippen LogP) is 4.51. The summed E-state index contributed by atoms with van der Waals surface area (Å²) in [6.07, 6.45) is -1.50. The summed E-state index contributed by atoms with van der Waals surface area (Å²) in [4.78, 5) is 11.7. The zero-order chi connectivity index (χ0) is 25.4. The molecule has 1 aliphatic heterocycles. The van der Waals surface area contributed by atoms with Crippen LogP contribution in [0.15, 0.2) is 17.0 Å². The molecule has 0 aromatic heterocycles. The van der Waals surface area contributed by atoms with Crippen LogP contribution >= 0.6 is 0 Å². The van der Waals surface area contributed by atoms with Crippen molar-refractivity contribution in [3.05, 3.63) is 17.7 Å². The first kappa shape index (κ1) is 28.2. The molecule has 1 fully saturated rings. The Labute approximate surface area is 198 Å². The number of nitrogens with zero attached hydrogens (tertiary/aromatic N) is 1. The lowest BCUT2D eigenvalue weighted by Gasteiger charge is -2.25. The molecule has 0 amide bonds. The van der Waals surface area contributed by atoms with E-state index in [1.165, 1.54) is 20.2 Å². The van der Waals surface area contributed by atoms with Crippen molar-refractivity contribution >= 4 is 21.7 Å². The molecule has 0 atom stereocenters. The molecule has 1 saturated heterocycles. The topological polar surface area (TPSA) is 105 Å². The van der Waals surface area contributed by atoms with Gasteiger partial charge in [0.15, 0.2) is 0 Å². The molecule has 34 heavy (non-hydrogen) atoms. The standard InChI is InChI=1S/C22H33F3N2O6S/c1-27(2)34(30,31)20-14-17(21(28)29)19(33-16-8-12-32-13-9-16)15-18(20)26-11-7-5-3-4-6-10-22(23,24)25/h14-16,26H,3-13H2,1-2H3,(H,28,29). The molecule has 8 nitrogen and oxygen atoms in total. The summed E-state index contributed by atoms with van der Waals surface area (Å²) in [6.45, 7) is 1.36. The minimum atomic E-state index is -4.14. The van der Waals surface area contributed by atoms with E-state index < -0.39 is 28.6 Å². The molecule has 1 aromatic carbocycles. The Morgan fingerprint density at radius 2 is 1.76 bits per heavy atom. The summed E-state index contributed by atoms with van der Waals surface area (Å²) in [5, 5.41) is 12.7. The first-order chi connectivity index (χ1) is 15.9. The summed E-state index contributed by atoms with van der Waals surface area (Å²) < 4.78 is 74.6. The van der Waals surface area contributed by atoms with Crippen LogP contribution < -0.4 is 10.1 Å². The highest BCUT2D eigenvalue weighted by atomic mass is 32.2. The number of unbranched alkanes of at least 4 members (excludes halogenated alkanes) is 4. The molecule has 0 aliphatic carbocycles. The van der Waals surface area contributed by atoms with E-state index in [1.54, 1.807) is 0 Å². The van der Waals surface area contributed by atoms with Crippen molar-refractivity contribution in [3.8, 4) is 5.75 Å². The van der Waals surface area contributed by atoms with Crippen LogP contribution in [0.2, 0.25) is 0 Å². The van der Waals surface area contributed by atoms with Crippen LogP contribution in [-0.4, -0.2) is 69.9 Å². The van der Waals surface area contributed by atoms with E-state index in [9.17, 15) is 31.5 Å². The van der Waals surface area contributed by atoms with E-state index in [4.69, 9.17) is 9.47 Å². The number of hydrogen-bond donors (Lipinski definition) is 2. The van der Waals surface area contributed by atoms with Gasteiger partial charge in [-0.05, 0) is 18.9 Å². The van der Waals surface area contributed by atoms with Crippen molar-refractivity contribution < 1.29 is 41.0 Å². The van der Waals surface area contributed by atoms with Gasteiger partial charge in [0, 0.05) is 46.0 Å². The van der Waals surface area contributed by atoms with Crippen LogP contribution in [0.1, 0.15) is 61.7 Å². The van der Waals surface area contributed by atoms with E-state index >= 15 is 0 Å². The Bertz CT molecular complexity index is 916. The highest BCUT2D eigenvalue weighted by molar-refractivity contribution is 7.89. The first-order valence-electron chi connectivity index (χ1n) is 11.3. The van der Waals surface area contributed by atoms with Crippen LogP contribution in [0.3, 0.4) is 0 Å². The number of carboxylic acids is 1. The molecule has 0 spiro atoms. The van der Waals surface area contributed by atoms with E-state index in [0.29, 0.717) is 58.3 Å². The van der Waals surface area contributed by atoms with Crippen molar-refractivity contribution in [2.75, 3.05) is 39.2 Å². The van der Waals surface area contributed by atoms with Crippen molar-refractivity contribution in [2.24, 2.45) is 0 Å². The van der Waals surface area contributed by atoms with Crippen molar-refractivity contribution in [2.45, 2.75) is 68.5 Å². The third-order valence-electron chi connectivity index (χ3n) is 5.49. The number of sulfonamides is 1. The largest absolute Gasteiger partial charge is 0.489 e. The van der Waals surface area contributed by atoms with Gasteiger partial charge in [0.05, 0.1) is 18.9 Å². The van der Waals surface area contributed by atoms with Gasteiger partial charge in [-0.1, -0.05) is 19.3 Å². The normalized spacial score (nSPS) is 15.5. The number of nitrogens with one attached hydrogen (secondary N) is 1. The lowest BCUT2D eigenvalue weighted by molar-refractivity contribution is -0.135. The number of hydrogen-bond acceptors (Lipinski definition) is 6. The van der Waals surface area contributed by atoms with Crippen LogP contribution in [0.4, 0.5) is 18.9 Å². The zero-order valence-electron chi connectivity index (χ0n) is 19.5. The maximum atomic E-state index is 12.9. The molecule has 0 saturated carbocycles. The number of ether oxygens (including phenoxy) is 2. The van der Waals surface area contributed by atoms with Gasteiger partial charge in [0.25, 0.3) is 0 Å². The van der Waals surface area contributed by atoms with Gasteiger partial charge in [-0.15, -0.1) is 0 Å². The average molecular weight is 511 g/mol. The second kappa shape index (κ2) is 12.6. The number of aromatic carboxylic acids is 1. The van der Waals surface area contributed by atoms with Crippen molar-refractivity contribution in [3.63, 3.8) is 0 Å². The first-order valence-corrected chi connectivity index (χ1v) is 12.7. The van der Waals surface area contributed by atoms with E-state index in [-0.39, 0.29) is 34.4 Å². The molecule has 0 unspecified atom stereocenters. The van der Waals surface area contributed by atoms with Crippen LogP contribution in [0.5, 0.6) is 5.75 Å². The second-order valence-corrected chi connectivity index (χ2v) is 10.5. The second-order valence-electron chi connectivity index (χ2n) is 8.43. The van der Waals surface area contributed by atoms with Gasteiger partial charge in [-0.3, -0.25) is 0 Å². The zero-order valence-corrected chi connectivity index (χ0v) is 20.3. The summed E-state index contributed by atoms with van der Waals surface area (Å²) >= 11 is 0. The fourth-order valence-electron chi connectivity index (χ4n) is 3.55. The van der Waals surface area contributed by atoms with Crippen LogP contribution in [-0.2, 0) is 14.8 Å². The van der Waals surface area contributed by atoms with Gasteiger partial charge in [-0.2, -0.15) is 13.2 Å². The number of carbonyl (C=O) groups is 1. The lowest BCUT2D eigenvalue weighted by atomic mass is 10.1. The number of benzene rings is 1. The van der Waals surface area contributed by atoms with Crippen LogP contribution in [0.25, 0.3) is 0 Å². The molecule has 0 bridgehead atoms. The summed E-state index contributed by atoms with van der Waals surface area (Å²) in [5.41, 5.74) is -0.0278. The monoisotopic (exact) mass is 510 g/mol. The molecule has 2 N–H and O–H groups in total. The molecule has 2 rings (SSSR count). The molecule has 194 valence electrons. The number of rotatable bonds is 13. The Morgan fingerprint density at radius 3 is 2.35 bits per heavy atom. The quantitative estimate of drug-likeness (QED) is 0.376. The molecule has 1 heterocycles. The third-order valence-corrected chi connectivity index (χ3v) is 7.34. The van der Waals surface area contributed by atoms with Gasteiger partial charge in [-0.25, -0.2) is 17.5 Å². The van der Waals surface area contributed by atoms with Gasteiger partial charge in [0.1, 0.15) is 22.3 Å². The van der Waals surface area contributed by atoms with E-state index in [2.05, 4.69) is 5.32 Å². The molecule has 1 aliphatic rings. The number of alkyl halides is 3. The predicted molar refractivity (Wildman–Crippen MR) is 121 cm³/mol. The smallest absolute Gasteiger partial charge is 0.389 e. The minimum Gasteiger partial charge on any atom is -0.489 e. The molecular weight excluding hydrogens is 477 g/mol. The fourth-order valence-corrected chi connectivity index (χ4v) is 4.62. The van der Waals surface area contributed by atoms with E-state index in [0.717, 1.165) is 10.4 Å². The Morgan fingerprint density at radius 1 is 1.15 bits per heavy atom. The van der Waals surface area contributed by atoms with Crippen molar-refractivity contribution in [1.82, 2.24) is 4.31 Å². The number of halogens is 3. The van der Waals surface area contributed by atoms with Gasteiger partial charge >= 0.3 is 12.1 Å². The maximum absolute atomic E-state index is 12.9. The van der Waals surface area contributed by atoms with Gasteiger partial charge in [0.2, 0.25) is 10.0 Å². The molecule has 12 heteroatoms. The maximum Gasteiger partial charge on any atom is 0.389 e. The summed E-state index contributed by atoms with van der Waals surface area (Å²) in [7, 11) is -1.25. The van der Waals surface area contributed by atoms with E-state index in [1.807, 2.05) is 0 Å². The number of carboxylic acid groups (broad SMARTS) is 1. The number of anilines is 1. The highest BCUT2D eigenvalue weighted by Crippen LogP contribution is 2.33. The fraction of sp³-hybridized carbons (Fsp3) is 0.682. The molecule has 0 radical (unpaired) electrons. The Balaban J connectivity index is 2.13. The average Bonchev–Trinajstić information content (AvgIpc) is 2.75. The highest BCUT2D eigenvalue weighted by Gasteiger charge is 2.28. The lowest BCUT2D eigenvalue weighted by Crippen LogP contribution is -2.27. The minimum absolute atomic E-state index is 0.0757. The summed E-state index contributed by atoms with van der Waals surface area (Å²) in [6, 6.07) is 2.50. The molecule has 1 aromatic rings.